The summed E-state index contributed by atoms with van der Waals surface area (Å²) in [5.74, 6) is -0.305. The fraction of sp³-hybridized carbons (Fsp3) is 0.483. The summed E-state index contributed by atoms with van der Waals surface area (Å²) in [6.45, 7) is 12.6. The van der Waals surface area contributed by atoms with Gasteiger partial charge >= 0.3 is 12.1 Å². The lowest BCUT2D eigenvalue weighted by Crippen LogP contribution is -2.34. The van der Waals surface area contributed by atoms with Crippen molar-refractivity contribution in [1.82, 2.24) is 5.32 Å². The zero-order valence-electron chi connectivity index (χ0n) is 23.4. The lowest BCUT2D eigenvalue weighted by atomic mass is 9.89. The van der Waals surface area contributed by atoms with Crippen LogP contribution in [0.15, 0.2) is 41.2 Å². The van der Waals surface area contributed by atoms with Crippen LogP contribution in [0.25, 0.3) is 5.57 Å². The predicted octanol–water partition coefficient (Wildman–Crippen LogP) is 4.61. The van der Waals surface area contributed by atoms with Gasteiger partial charge in [-0.15, -0.1) is 0 Å². The summed E-state index contributed by atoms with van der Waals surface area (Å²) in [4.78, 5) is 26.0. The number of allylic oxidation sites excluding steroid dienone is 2. The van der Waals surface area contributed by atoms with Crippen LogP contribution in [0.1, 0.15) is 53.5 Å². The number of carbonyl (C=O) groups excluding carboxylic acids is 2. The first-order chi connectivity index (χ1) is 18.4. The molecule has 0 aliphatic carbocycles. The molecule has 0 fully saturated rings. The fourth-order valence-electron chi connectivity index (χ4n) is 3.92. The van der Waals surface area contributed by atoms with Crippen molar-refractivity contribution in [2.24, 2.45) is 5.41 Å². The number of nitriles is 3. The minimum Gasteiger partial charge on any atom is -0.480 e. The van der Waals surface area contributed by atoms with Gasteiger partial charge in [0.05, 0.1) is 18.5 Å². The molecule has 1 heterocycles. The molecule has 206 valence electrons. The van der Waals surface area contributed by atoms with Crippen LogP contribution in [-0.4, -0.2) is 50.5 Å². The highest BCUT2D eigenvalue weighted by molar-refractivity contribution is 5.84. The first-order valence-corrected chi connectivity index (χ1v) is 12.8. The molecule has 1 N–H and O–H groups in total. The molecular weight excluding hydrogens is 498 g/mol. The number of ether oxygens (including phenoxy) is 3. The summed E-state index contributed by atoms with van der Waals surface area (Å²) in [5.41, 5.74) is 0.683. The van der Waals surface area contributed by atoms with E-state index in [-0.39, 0.29) is 42.6 Å². The van der Waals surface area contributed by atoms with Gasteiger partial charge in [0.2, 0.25) is 0 Å². The Morgan fingerprint density at radius 1 is 1.05 bits per heavy atom. The van der Waals surface area contributed by atoms with E-state index < -0.39 is 17.1 Å². The molecule has 0 saturated heterocycles. The van der Waals surface area contributed by atoms with Crippen LogP contribution in [0.5, 0.6) is 0 Å². The minimum absolute atomic E-state index is 0.000136. The van der Waals surface area contributed by atoms with E-state index >= 15 is 0 Å². The average Bonchev–Trinajstić information content (AvgIpc) is 3.19. The Hall–Kier alpha value is -4.49. The van der Waals surface area contributed by atoms with Gasteiger partial charge in [0.15, 0.2) is 11.3 Å². The van der Waals surface area contributed by atoms with Gasteiger partial charge < -0.3 is 24.4 Å². The van der Waals surface area contributed by atoms with Crippen molar-refractivity contribution >= 4 is 23.3 Å². The third-order valence-corrected chi connectivity index (χ3v) is 6.54. The van der Waals surface area contributed by atoms with Gasteiger partial charge in [0, 0.05) is 17.8 Å². The summed E-state index contributed by atoms with van der Waals surface area (Å²) in [6, 6.07) is 13.2. The smallest absolute Gasteiger partial charge is 0.407 e. The maximum Gasteiger partial charge on any atom is 0.407 e. The molecule has 0 radical (unpaired) electrons. The van der Waals surface area contributed by atoms with Crippen molar-refractivity contribution in [3.63, 3.8) is 0 Å². The molecule has 10 heteroatoms. The molecule has 0 unspecified atom stereocenters. The molecule has 0 spiro atoms. The monoisotopic (exact) mass is 533 g/mol. The lowest BCUT2D eigenvalue weighted by Gasteiger charge is -2.25. The van der Waals surface area contributed by atoms with Crippen LogP contribution in [-0.2, 0) is 19.0 Å². The molecule has 0 bridgehead atoms. The number of anilines is 1. The van der Waals surface area contributed by atoms with Crippen LogP contribution in [0.2, 0.25) is 0 Å². The Morgan fingerprint density at radius 2 is 1.69 bits per heavy atom. The van der Waals surface area contributed by atoms with E-state index in [2.05, 4.69) is 11.4 Å². The van der Waals surface area contributed by atoms with Crippen molar-refractivity contribution < 1.29 is 23.8 Å². The second-order valence-corrected chi connectivity index (χ2v) is 9.96. The Labute approximate surface area is 230 Å². The average molecular weight is 534 g/mol. The number of likely N-dealkylation sites (N-methyl/N-ethyl adjacent to an activating group) is 1. The molecule has 39 heavy (non-hydrogen) atoms. The van der Waals surface area contributed by atoms with E-state index in [0.29, 0.717) is 25.1 Å². The Bertz CT molecular complexity index is 1240. The molecule has 1 aliphatic heterocycles. The summed E-state index contributed by atoms with van der Waals surface area (Å²) in [5, 5.41) is 30.9. The third kappa shape index (κ3) is 7.52. The number of nitrogens with zero attached hydrogens (tertiary/aromatic N) is 4. The van der Waals surface area contributed by atoms with Crippen molar-refractivity contribution in [1.29, 1.82) is 15.8 Å². The molecule has 0 aromatic heterocycles. The van der Waals surface area contributed by atoms with E-state index in [4.69, 9.17) is 14.2 Å². The zero-order chi connectivity index (χ0) is 29.2. The Kier molecular flexibility index (Phi) is 10.5. The number of nitrogens with one attached hydrogen (secondary N) is 1. The largest absolute Gasteiger partial charge is 0.480 e. The second kappa shape index (κ2) is 13.3. The van der Waals surface area contributed by atoms with Crippen LogP contribution >= 0.6 is 0 Å². The van der Waals surface area contributed by atoms with Gasteiger partial charge in [0.25, 0.3) is 0 Å². The van der Waals surface area contributed by atoms with Crippen LogP contribution in [0.3, 0.4) is 0 Å². The summed E-state index contributed by atoms with van der Waals surface area (Å²) < 4.78 is 16.3. The van der Waals surface area contributed by atoms with Gasteiger partial charge in [-0.1, -0.05) is 19.1 Å². The molecule has 0 atom stereocenters. The number of hydrogen-bond acceptors (Lipinski definition) is 9. The number of rotatable bonds is 11. The highest BCUT2D eigenvalue weighted by Gasteiger charge is 2.40. The van der Waals surface area contributed by atoms with Crippen LogP contribution < -0.4 is 10.2 Å². The van der Waals surface area contributed by atoms with Gasteiger partial charge in [-0.05, 0) is 58.7 Å². The van der Waals surface area contributed by atoms with E-state index in [1.54, 1.807) is 26.0 Å². The molecule has 0 saturated carbocycles. The first kappa shape index (κ1) is 30.7. The number of amides is 1. The quantitative estimate of drug-likeness (QED) is 0.244. The number of alkyl carbamates (subject to hydrolysis) is 1. The Morgan fingerprint density at radius 3 is 2.23 bits per heavy atom. The molecule has 1 amide bonds. The summed E-state index contributed by atoms with van der Waals surface area (Å²) in [7, 11) is 0. The normalized spacial score (nSPS) is 13.9. The van der Waals surface area contributed by atoms with E-state index in [9.17, 15) is 25.4 Å². The second-order valence-electron chi connectivity index (χ2n) is 9.96. The maximum atomic E-state index is 12.0. The minimum atomic E-state index is -0.906. The number of hydrogen-bond donors (Lipinski definition) is 1. The van der Waals surface area contributed by atoms with Gasteiger partial charge in [-0.2, -0.15) is 15.8 Å². The van der Waals surface area contributed by atoms with E-state index in [1.807, 2.05) is 56.9 Å². The van der Waals surface area contributed by atoms with Crippen molar-refractivity contribution in [3.8, 4) is 18.2 Å². The summed E-state index contributed by atoms with van der Waals surface area (Å²) >= 11 is 0. The topological polar surface area (TPSA) is 148 Å². The maximum absolute atomic E-state index is 12.0. The van der Waals surface area contributed by atoms with Crippen molar-refractivity contribution in [2.75, 3.05) is 37.7 Å². The molecule has 1 aliphatic rings. The van der Waals surface area contributed by atoms with Gasteiger partial charge in [-0.3, -0.25) is 4.79 Å². The lowest BCUT2D eigenvalue weighted by molar-refractivity contribution is -0.153. The third-order valence-electron chi connectivity index (χ3n) is 6.54. The number of benzene rings is 1. The highest BCUT2D eigenvalue weighted by Crippen LogP contribution is 2.45. The van der Waals surface area contributed by atoms with Crippen LogP contribution in [0.4, 0.5) is 10.5 Å². The SMILES string of the molecule is CCN(CCOC(=O)NCCOC(=O)C(C)(C)CC)c1ccc(C2=C(C#N)C(=C(C#N)C#N)OC2(C)C)cc1. The Balaban J connectivity index is 1.99. The zero-order valence-corrected chi connectivity index (χ0v) is 23.4. The standard InChI is InChI=1S/C29H35N5O5/c1-7-28(3,4)26(35)37-15-13-33-27(36)38-16-14-34(8-2)22-11-9-20(10-12-22)24-23(19-32)25(21(17-30)18-31)39-29(24,5)6/h9-12H,7-8,13-16H2,1-6H3,(H,33,36). The molecule has 1 aromatic carbocycles. The molecule has 1 aromatic rings. The van der Waals surface area contributed by atoms with Gasteiger partial charge in [0.1, 0.15) is 42.6 Å². The van der Waals surface area contributed by atoms with Crippen molar-refractivity contribution in [3.05, 3.63) is 46.7 Å². The molecule has 2 rings (SSSR count). The van der Waals surface area contributed by atoms with E-state index in [1.165, 1.54) is 0 Å². The molecular formula is C29H35N5O5. The predicted molar refractivity (Wildman–Crippen MR) is 145 cm³/mol. The highest BCUT2D eigenvalue weighted by atomic mass is 16.6. The molecule has 10 nitrogen and oxygen atoms in total. The summed E-state index contributed by atoms with van der Waals surface area (Å²) in [6.07, 6.45) is 0.0667. The van der Waals surface area contributed by atoms with Gasteiger partial charge in [-0.25, -0.2) is 4.79 Å². The fourth-order valence-corrected chi connectivity index (χ4v) is 3.92. The van der Waals surface area contributed by atoms with Crippen molar-refractivity contribution in [2.45, 2.75) is 53.6 Å². The number of carbonyl (C=O) groups is 2. The number of esters is 1. The van der Waals surface area contributed by atoms with E-state index in [0.717, 1.165) is 11.3 Å². The first-order valence-electron chi connectivity index (χ1n) is 12.8. The van der Waals surface area contributed by atoms with Crippen LogP contribution in [0, 0.1) is 39.4 Å².